The molecular formula is C30H45NO4. The molecule has 1 heterocycles. The molecule has 0 bridgehead atoms. The molecular weight excluding hydrogens is 438 g/mol. The van der Waals surface area contributed by atoms with Gasteiger partial charge in [0.1, 0.15) is 11.0 Å². The zero-order valence-electron chi connectivity index (χ0n) is 24.0. The highest BCUT2D eigenvalue weighted by Gasteiger charge is 2.90. The number of likely N-dealkylation sites (tertiary alicyclic amines) is 1. The van der Waals surface area contributed by atoms with E-state index < -0.39 is 34.1 Å². The quantitative estimate of drug-likeness (QED) is 0.326. The molecule has 1 aliphatic carbocycles. The number of fused-ring (bicyclic) bond motifs is 1. The van der Waals surface area contributed by atoms with Gasteiger partial charge in [0, 0.05) is 0 Å². The summed E-state index contributed by atoms with van der Waals surface area (Å²) in [6.45, 7) is 25.1. The average Bonchev–Trinajstić information content (AvgIpc) is 2.63. The Labute approximate surface area is 212 Å². The number of carbonyl (C=O) groups is 2. The van der Waals surface area contributed by atoms with Gasteiger partial charge >= 0.3 is 12.1 Å². The van der Waals surface area contributed by atoms with Crippen molar-refractivity contribution in [2.45, 2.75) is 100 Å². The number of nitrogens with zero attached hydrogens (tertiary/aromatic N) is 1. The normalized spacial score (nSPS) is 27.0. The minimum atomic E-state index is -1.05. The van der Waals surface area contributed by atoms with Crippen LogP contribution in [0.25, 0.3) is 0 Å². The lowest BCUT2D eigenvalue weighted by atomic mass is 9.29. The van der Waals surface area contributed by atoms with Crippen LogP contribution in [0.1, 0.15) is 94.7 Å². The standard InChI is InChI=1S/C30H45NO4/c1-25(2,3)20-21(26(4,5)6)30(27(7,8)9)29(20,23(32)35-28(10,11)12)22(31(30)24(33)34-13)19-17-15-14-16-18-19/h14-18,22H,1-13H3. The first-order valence-corrected chi connectivity index (χ1v) is 12.6. The SMILES string of the molecule is COC(=O)N1C(c2ccccc2)C2(C(=O)OC(C)(C)C)C(C(C)(C)C)=C(C(C)(C)C)C12C(C)(C)C. The van der Waals surface area contributed by atoms with Crippen molar-refractivity contribution in [2.24, 2.45) is 21.7 Å². The van der Waals surface area contributed by atoms with Crippen LogP contribution in [0, 0.1) is 21.7 Å². The van der Waals surface area contributed by atoms with Crippen molar-refractivity contribution in [1.82, 2.24) is 4.90 Å². The highest BCUT2D eigenvalue weighted by atomic mass is 16.6. The molecule has 3 atom stereocenters. The molecule has 3 unspecified atom stereocenters. The van der Waals surface area contributed by atoms with E-state index in [9.17, 15) is 9.59 Å². The highest BCUT2D eigenvalue weighted by Crippen LogP contribution is 2.83. The molecule has 1 saturated heterocycles. The Balaban J connectivity index is 2.57. The van der Waals surface area contributed by atoms with E-state index in [1.54, 1.807) is 0 Å². The summed E-state index contributed by atoms with van der Waals surface area (Å²) in [5.74, 6) is -0.271. The Bertz CT molecular complexity index is 1040. The molecule has 3 rings (SSSR count). The Kier molecular flexibility index (Phi) is 6.12. The second kappa shape index (κ2) is 7.85. The molecule has 1 fully saturated rings. The smallest absolute Gasteiger partial charge is 0.410 e. The van der Waals surface area contributed by atoms with Crippen molar-refractivity contribution in [3.63, 3.8) is 0 Å². The van der Waals surface area contributed by atoms with E-state index in [4.69, 9.17) is 9.47 Å². The summed E-state index contributed by atoms with van der Waals surface area (Å²) in [5, 5.41) is 0. The number of benzene rings is 1. The van der Waals surface area contributed by atoms with Gasteiger partial charge in [-0.1, -0.05) is 92.6 Å². The summed E-state index contributed by atoms with van der Waals surface area (Å²) in [6.07, 6.45) is -0.428. The number of hydrogen-bond acceptors (Lipinski definition) is 4. The number of esters is 1. The number of ether oxygens (including phenoxy) is 2. The van der Waals surface area contributed by atoms with E-state index in [0.717, 1.165) is 16.7 Å². The molecule has 0 N–H and O–H groups in total. The lowest BCUT2D eigenvalue weighted by molar-refractivity contribution is -0.256. The second-order valence-corrected chi connectivity index (χ2v) is 14.2. The molecule has 0 saturated carbocycles. The lowest BCUT2D eigenvalue weighted by Crippen LogP contribution is -2.91. The maximum atomic E-state index is 14.6. The third-order valence-electron chi connectivity index (χ3n) is 7.40. The van der Waals surface area contributed by atoms with Gasteiger partial charge < -0.3 is 9.47 Å². The Morgan fingerprint density at radius 3 is 1.66 bits per heavy atom. The summed E-state index contributed by atoms with van der Waals surface area (Å²) in [4.78, 5) is 30.1. The van der Waals surface area contributed by atoms with E-state index >= 15 is 0 Å². The maximum absolute atomic E-state index is 14.6. The molecule has 5 heteroatoms. The lowest BCUT2D eigenvalue weighted by Gasteiger charge is -2.82. The molecule has 35 heavy (non-hydrogen) atoms. The third kappa shape index (κ3) is 3.55. The fraction of sp³-hybridized carbons (Fsp3) is 0.667. The largest absolute Gasteiger partial charge is 0.459 e. The molecule has 5 nitrogen and oxygen atoms in total. The second-order valence-electron chi connectivity index (χ2n) is 14.2. The summed E-state index contributed by atoms with van der Waals surface area (Å²) in [5.41, 5.74) is -0.628. The first kappa shape index (κ1) is 27.3. The first-order valence-electron chi connectivity index (χ1n) is 12.6. The van der Waals surface area contributed by atoms with Crippen molar-refractivity contribution < 1.29 is 19.1 Å². The topological polar surface area (TPSA) is 55.8 Å². The summed E-state index contributed by atoms with van der Waals surface area (Å²) < 4.78 is 11.6. The van der Waals surface area contributed by atoms with Gasteiger partial charge in [-0.05, 0) is 53.7 Å². The zero-order valence-corrected chi connectivity index (χ0v) is 24.0. The maximum Gasteiger partial charge on any atom is 0.410 e. The third-order valence-corrected chi connectivity index (χ3v) is 7.40. The van der Waals surface area contributed by atoms with Gasteiger partial charge in [0.2, 0.25) is 0 Å². The predicted molar refractivity (Wildman–Crippen MR) is 140 cm³/mol. The number of rotatable bonds is 2. The molecule has 0 aromatic heterocycles. The molecule has 1 aromatic carbocycles. The molecule has 194 valence electrons. The minimum absolute atomic E-state index is 0.271. The van der Waals surface area contributed by atoms with Crippen LogP contribution in [0.5, 0.6) is 0 Å². The molecule has 2 aliphatic rings. The zero-order chi connectivity index (χ0) is 27.0. The van der Waals surface area contributed by atoms with Crippen molar-refractivity contribution in [1.29, 1.82) is 0 Å². The highest BCUT2D eigenvalue weighted by molar-refractivity contribution is 5.96. The van der Waals surface area contributed by atoms with E-state index in [2.05, 4.69) is 62.3 Å². The van der Waals surface area contributed by atoms with Gasteiger partial charge in [0.05, 0.1) is 18.7 Å². The van der Waals surface area contributed by atoms with Crippen LogP contribution < -0.4 is 0 Å². The van der Waals surface area contributed by atoms with Gasteiger partial charge in [-0.3, -0.25) is 9.69 Å². The van der Waals surface area contributed by atoms with Gasteiger partial charge in [-0.2, -0.15) is 0 Å². The van der Waals surface area contributed by atoms with Gasteiger partial charge in [-0.25, -0.2) is 4.79 Å². The molecule has 1 amide bonds. The van der Waals surface area contributed by atoms with Crippen LogP contribution in [-0.2, 0) is 14.3 Å². The first-order chi connectivity index (χ1) is 15.7. The van der Waals surface area contributed by atoms with Gasteiger partial charge in [0.25, 0.3) is 0 Å². The number of amides is 1. The Morgan fingerprint density at radius 2 is 1.29 bits per heavy atom. The van der Waals surface area contributed by atoms with Crippen molar-refractivity contribution in [3.8, 4) is 0 Å². The van der Waals surface area contributed by atoms with E-state index in [1.807, 2.05) is 56.0 Å². The Hall–Kier alpha value is -2.30. The summed E-state index contributed by atoms with van der Waals surface area (Å²) >= 11 is 0. The van der Waals surface area contributed by atoms with Crippen LogP contribution >= 0.6 is 0 Å². The summed E-state index contributed by atoms with van der Waals surface area (Å²) in [7, 11) is 1.41. The van der Waals surface area contributed by atoms with Crippen LogP contribution in [0.4, 0.5) is 4.79 Å². The number of methoxy groups -OCH3 is 1. The summed E-state index contributed by atoms with van der Waals surface area (Å²) in [6, 6.07) is 9.31. The molecule has 0 spiro atoms. The monoisotopic (exact) mass is 483 g/mol. The molecule has 0 radical (unpaired) electrons. The van der Waals surface area contributed by atoms with E-state index in [0.29, 0.717) is 0 Å². The minimum Gasteiger partial charge on any atom is -0.459 e. The average molecular weight is 484 g/mol. The Morgan fingerprint density at radius 1 is 0.800 bits per heavy atom. The van der Waals surface area contributed by atoms with Crippen molar-refractivity contribution in [2.75, 3.05) is 7.11 Å². The predicted octanol–water partition coefficient (Wildman–Crippen LogP) is 7.33. The number of hydrogen-bond donors (Lipinski definition) is 0. The fourth-order valence-corrected chi connectivity index (χ4v) is 6.97. The van der Waals surface area contributed by atoms with Crippen LogP contribution in [0.3, 0.4) is 0 Å². The van der Waals surface area contributed by atoms with E-state index in [1.165, 1.54) is 7.11 Å². The van der Waals surface area contributed by atoms with Crippen LogP contribution in [-0.4, -0.2) is 35.2 Å². The van der Waals surface area contributed by atoms with Crippen molar-refractivity contribution in [3.05, 3.63) is 47.0 Å². The van der Waals surface area contributed by atoms with Crippen LogP contribution in [0.15, 0.2) is 41.5 Å². The number of carbonyl (C=O) groups excluding carboxylic acids is 2. The van der Waals surface area contributed by atoms with Crippen LogP contribution in [0.2, 0.25) is 0 Å². The van der Waals surface area contributed by atoms with Gasteiger partial charge in [0.15, 0.2) is 0 Å². The van der Waals surface area contributed by atoms with Gasteiger partial charge in [-0.15, -0.1) is 0 Å². The molecule has 1 aliphatic heterocycles. The molecule has 1 aromatic rings. The van der Waals surface area contributed by atoms with E-state index in [-0.39, 0.29) is 16.8 Å². The fourth-order valence-electron chi connectivity index (χ4n) is 6.97. The van der Waals surface area contributed by atoms with Crippen molar-refractivity contribution >= 4 is 12.1 Å².